The summed E-state index contributed by atoms with van der Waals surface area (Å²) in [4.78, 5) is 15.3. The van der Waals surface area contributed by atoms with Gasteiger partial charge in [0.25, 0.3) is 5.17 Å². The maximum Gasteiger partial charge on any atom is 0.410 e. The van der Waals surface area contributed by atoms with Crippen LogP contribution >= 0.6 is 12.2 Å². The van der Waals surface area contributed by atoms with Gasteiger partial charge in [-0.1, -0.05) is 5.21 Å². The molecule has 0 spiro atoms. The first kappa shape index (κ1) is 23.6. The summed E-state index contributed by atoms with van der Waals surface area (Å²) in [5.41, 5.74) is -0.0170. The summed E-state index contributed by atoms with van der Waals surface area (Å²) in [6.07, 6.45) is 1.11. The van der Waals surface area contributed by atoms with Gasteiger partial charge in [-0.05, 0) is 33.0 Å². The molecular formula is C20H26F2N6O3S. The molecule has 0 aliphatic carbocycles. The van der Waals surface area contributed by atoms with Crippen LogP contribution < -0.4 is 10.2 Å². The zero-order valence-corrected chi connectivity index (χ0v) is 19.2. The summed E-state index contributed by atoms with van der Waals surface area (Å²) < 4.78 is 41.2. The Morgan fingerprint density at radius 1 is 1.19 bits per heavy atom. The smallest absolute Gasteiger partial charge is 0.410 e. The third-order valence-electron chi connectivity index (χ3n) is 4.65. The first-order valence-corrected chi connectivity index (χ1v) is 10.4. The molecule has 1 aromatic carbocycles. The Morgan fingerprint density at radius 2 is 1.81 bits per heavy atom. The molecule has 0 radical (unpaired) electrons. The van der Waals surface area contributed by atoms with E-state index in [1.54, 1.807) is 31.9 Å². The summed E-state index contributed by atoms with van der Waals surface area (Å²) in [6, 6.07) is 2.40. The monoisotopic (exact) mass is 468 g/mol. The van der Waals surface area contributed by atoms with Gasteiger partial charge in [-0.3, -0.25) is 0 Å². The molecule has 9 nitrogen and oxygen atoms in total. The molecular weight excluding hydrogens is 442 g/mol. The molecule has 0 bridgehead atoms. The van der Waals surface area contributed by atoms with Crippen LogP contribution in [0.25, 0.3) is 5.69 Å². The number of amides is 1. The highest BCUT2D eigenvalue weighted by atomic mass is 32.1. The third kappa shape index (κ3) is 5.81. The number of benzene rings is 1. The van der Waals surface area contributed by atoms with Crippen molar-refractivity contribution in [1.82, 2.24) is 25.2 Å². The van der Waals surface area contributed by atoms with Crippen molar-refractivity contribution in [1.29, 1.82) is 0 Å². The number of ether oxygens (including phenoxy) is 2. The second-order valence-electron chi connectivity index (χ2n) is 8.21. The predicted molar refractivity (Wildman–Crippen MR) is 118 cm³/mol. The number of rotatable bonds is 4. The highest BCUT2D eigenvalue weighted by molar-refractivity contribution is 7.80. The predicted octanol–water partition coefficient (Wildman–Crippen LogP) is 2.62. The van der Waals surface area contributed by atoms with Crippen LogP contribution in [0, 0.1) is 11.6 Å². The van der Waals surface area contributed by atoms with Crippen molar-refractivity contribution in [3.8, 4) is 5.69 Å². The van der Waals surface area contributed by atoms with Crippen LogP contribution in [0.5, 0.6) is 0 Å². The number of hydrogen-bond donors (Lipinski definition) is 1. The zero-order valence-electron chi connectivity index (χ0n) is 18.4. The lowest BCUT2D eigenvalue weighted by Gasteiger charge is -2.37. The minimum absolute atomic E-state index is 0.134. The van der Waals surface area contributed by atoms with E-state index >= 15 is 0 Å². The first-order chi connectivity index (χ1) is 15.1. The number of anilines is 1. The molecule has 1 aliphatic heterocycles. The molecule has 1 aliphatic rings. The van der Waals surface area contributed by atoms with Crippen molar-refractivity contribution in [2.45, 2.75) is 32.9 Å². The van der Waals surface area contributed by atoms with Crippen LogP contribution in [-0.2, 0) is 16.0 Å². The number of carbonyl (C=O) groups excluding carboxylic acids is 1. The van der Waals surface area contributed by atoms with Crippen LogP contribution in [0.2, 0.25) is 0 Å². The Bertz CT molecular complexity index is 963. The molecule has 0 atom stereocenters. The molecule has 3 rings (SSSR count). The number of halogens is 2. The lowest BCUT2D eigenvalue weighted by Crippen LogP contribution is -2.50. The number of thiocarbonyl (C=S) groups is 1. The molecule has 0 saturated carbocycles. The Balaban J connectivity index is 1.67. The van der Waals surface area contributed by atoms with E-state index in [-0.39, 0.29) is 36.2 Å². The number of aromatic nitrogens is 3. The Labute approximate surface area is 190 Å². The topological polar surface area (TPSA) is 84.8 Å². The average molecular weight is 469 g/mol. The molecule has 1 N–H and O–H groups in total. The van der Waals surface area contributed by atoms with Crippen molar-refractivity contribution < 1.29 is 23.0 Å². The molecule has 0 unspecified atom stereocenters. The number of carbonyl (C=O) groups is 1. The van der Waals surface area contributed by atoms with Gasteiger partial charge in [-0.25, -0.2) is 18.3 Å². The van der Waals surface area contributed by atoms with E-state index in [1.807, 2.05) is 0 Å². The number of hydrogen-bond acceptors (Lipinski definition) is 7. The highest BCUT2D eigenvalue weighted by Gasteiger charge is 2.28. The van der Waals surface area contributed by atoms with Gasteiger partial charge in [0.05, 0.1) is 25.5 Å². The van der Waals surface area contributed by atoms with E-state index in [1.165, 1.54) is 28.8 Å². The Kier molecular flexibility index (Phi) is 7.12. The van der Waals surface area contributed by atoms with Gasteiger partial charge in [0.1, 0.15) is 17.0 Å². The van der Waals surface area contributed by atoms with Crippen molar-refractivity contribution in [2.24, 2.45) is 0 Å². The van der Waals surface area contributed by atoms with Gasteiger partial charge in [0, 0.05) is 38.3 Å². The molecule has 2 aromatic rings. The number of piperazine rings is 1. The largest absolute Gasteiger partial charge is 0.474 e. The van der Waals surface area contributed by atoms with Gasteiger partial charge >= 0.3 is 6.09 Å². The molecule has 2 heterocycles. The lowest BCUT2D eigenvalue weighted by molar-refractivity contribution is 0.0240. The Morgan fingerprint density at radius 3 is 2.38 bits per heavy atom. The maximum absolute atomic E-state index is 14.9. The van der Waals surface area contributed by atoms with E-state index < -0.39 is 23.3 Å². The second kappa shape index (κ2) is 9.63. The van der Waals surface area contributed by atoms with Gasteiger partial charge in [0.15, 0.2) is 11.6 Å². The fourth-order valence-corrected chi connectivity index (χ4v) is 3.24. The minimum Gasteiger partial charge on any atom is -0.474 e. The molecule has 174 valence electrons. The fraction of sp³-hybridized carbons (Fsp3) is 0.500. The standard InChI is InChI=1S/C20H26F2N6O3S/c1-20(2,3)31-19(29)27-7-5-26(6-8-27)17-15(21)9-14(10-16(17)22)28-12-13(24-25-28)11-23-18(32)30-4/h9-10,12H,5-8,11H2,1-4H3,(H,23,32). The van der Waals surface area contributed by atoms with Crippen LogP contribution in [0.3, 0.4) is 0 Å². The highest BCUT2D eigenvalue weighted by Crippen LogP contribution is 2.27. The quantitative estimate of drug-likeness (QED) is 0.686. The molecule has 1 aromatic heterocycles. The van der Waals surface area contributed by atoms with Crippen LogP contribution in [0.15, 0.2) is 18.3 Å². The summed E-state index contributed by atoms with van der Waals surface area (Å²) in [5, 5.41) is 10.9. The first-order valence-electron chi connectivity index (χ1n) is 10.0. The molecule has 12 heteroatoms. The van der Waals surface area contributed by atoms with Gasteiger partial charge in [-0.2, -0.15) is 0 Å². The molecule has 1 saturated heterocycles. The summed E-state index contributed by atoms with van der Waals surface area (Å²) in [6.45, 7) is 6.80. The summed E-state index contributed by atoms with van der Waals surface area (Å²) in [7, 11) is 1.44. The summed E-state index contributed by atoms with van der Waals surface area (Å²) >= 11 is 4.89. The lowest BCUT2D eigenvalue weighted by atomic mass is 10.2. The number of methoxy groups -OCH3 is 1. The fourth-order valence-electron chi connectivity index (χ4n) is 3.17. The summed E-state index contributed by atoms with van der Waals surface area (Å²) in [5.74, 6) is -1.44. The maximum atomic E-state index is 14.9. The second-order valence-corrected chi connectivity index (χ2v) is 8.58. The Hall–Kier alpha value is -3.02. The van der Waals surface area contributed by atoms with Crippen molar-refractivity contribution >= 4 is 29.2 Å². The van der Waals surface area contributed by atoms with Crippen molar-refractivity contribution in [3.63, 3.8) is 0 Å². The molecule has 32 heavy (non-hydrogen) atoms. The van der Waals surface area contributed by atoms with Crippen molar-refractivity contribution in [3.05, 3.63) is 35.7 Å². The number of nitrogens with zero attached hydrogens (tertiary/aromatic N) is 5. The van der Waals surface area contributed by atoms with E-state index in [0.717, 1.165) is 0 Å². The number of nitrogens with one attached hydrogen (secondary N) is 1. The molecule has 1 amide bonds. The normalized spacial score (nSPS) is 14.3. The van der Waals surface area contributed by atoms with Gasteiger partial charge < -0.3 is 24.6 Å². The van der Waals surface area contributed by atoms with Crippen LogP contribution in [0.1, 0.15) is 26.5 Å². The average Bonchev–Trinajstić information content (AvgIpc) is 3.20. The van der Waals surface area contributed by atoms with Crippen LogP contribution in [0.4, 0.5) is 19.3 Å². The van der Waals surface area contributed by atoms with E-state index in [0.29, 0.717) is 18.8 Å². The van der Waals surface area contributed by atoms with E-state index in [2.05, 4.69) is 15.6 Å². The van der Waals surface area contributed by atoms with Gasteiger partial charge in [0.2, 0.25) is 0 Å². The SMILES string of the molecule is COC(=S)NCc1cn(-c2cc(F)c(N3CCN(C(=O)OC(C)(C)C)CC3)c(F)c2)nn1. The van der Waals surface area contributed by atoms with Crippen molar-refractivity contribution in [2.75, 3.05) is 38.2 Å². The van der Waals surface area contributed by atoms with E-state index in [9.17, 15) is 13.6 Å². The zero-order chi connectivity index (χ0) is 23.5. The minimum atomic E-state index is -0.721. The van der Waals surface area contributed by atoms with E-state index in [4.69, 9.17) is 21.7 Å². The third-order valence-corrected chi connectivity index (χ3v) is 4.96. The van der Waals surface area contributed by atoms with Gasteiger partial charge in [-0.15, -0.1) is 5.10 Å². The molecule has 1 fully saturated rings. The van der Waals surface area contributed by atoms with Crippen LogP contribution in [-0.4, -0.2) is 70.1 Å².